The summed E-state index contributed by atoms with van der Waals surface area (Å²) in [5, 5.41) is 0. The van der Waals surface area contributed by atoms with Crippen molar-refractivity contribution >= 4 is 0 Å². The van der Waals surface area contributed by atoms with E-state index < -0.39 is 0 Å². The minimum Gasteiger partial charge on any atom is -0.378 e. The maximum atomic E-state index is 5.65. The van der Waals surface area contributed by atoms with Crippen LogP contribution in [0.2, 0.25) is 0 Å². The van der Waals surface area contributed by atoms with Crippen LogP contribution in [0.15, 0.2) is 11.6 Å². The second kappa shape index (κ2) is 5.49. The number of rotatable bonds is 4. The number of allylic oxidation sites excluding steroid dienone is 1. The van der Waals surface area contributed by atoms with E-state index in [1.54, 1.807) is 0 Å². The standard InChI is InChI=1S/C11H22N2O/c1-4-11-9(5-6-14-11)10(13-12)7-8(2)3/h7,9-11,13H,4-6,12H2,1-3H3. The Bertz CT molecular complexity index is 199. The molecule has 82 valence electrons. The lowest BCUT2D eigenvalue weighted by atomic mass is 9.90. The van der Waals surface area contributed by atoms with Crippen LogP contribution in [0.1, 0.15) is 33.6 Å². The van der Waals surface area contributed by atoms with E-state index in [1.807, 2.05) is 0 Å². The fraction of sp³-hybridized carbons (Fsp3) is 0.818. The highest BCUT2D eigenvalue weighted by atomic mass is 16.5. The predicted molar refractivity (Wildman–Crippen MR) is 58.7 cm³/mol. The highest BCUT2D eigenvalue weighted by Gasteiger charge is 2.31. The first-order chi connectivity index (χ1) is 6.69. The average Bonchev–Trinajstić information content (AvgIpc) is 2.61. The lowest BCUT2D eigenvalue weighted by molar-refractivity contribution is 0.0818. The topological polar surface area (TPSA) is 47.3 Å². The van der Waals surface area contributed by atoms with Crippen molar-refractivity contribution in [1.82, 2.24) is 5.43 Å². The van der Waals surface area contributed by atoms with Crippen molar-refractivity contribution in [3.63, 3.8) is 0 Å². The maximum absolute atomic E-state index is 5.65. The van der Waals surface area contributed by atoms with E-state index in [2.05, 4.69) is 32.3 Å². The summed E-state index contributed by atoms with van der Waals surface area (Å²) in [6, 6.07) is 0.257. The van der Waals surface area contributed by atoms with Gasteiger partial charge in [-0.2, -0.15) is 0 Å². The third kappa shape index (κ3) is 2.80. The summed E-state index contributed by atoms with van der Waals surface area (Å²) in [5.41, 5.74) is 4.18. The van der Waals surface area contributed by atoms with Crippen molar-refractivity contribution in [2.24, 2.45) is 11.8 Å². The van der Waals surface area contributed by atoms with Crippen molar-refractivity contribution in [3.05, 3.63) is 11.6 Å². The second-order valence-electron chi connectivity index (χ2n) is 4.21. The van der Waals surface area contributed by atoms with E-state index in [-0.39, 0.29) is 6.04 Å². The van der Waals surface area contributed by atoms with Crippen LogP contribution in [-0.2, 0) is 4.74 Å². The molecular weight excluding hydrogens is 176 g/mol. The van der Waals surface area contributed by atoms with Gasteiger partial charge in [0.2, 0.25) is 0 Å². The van der Waals surface area contributed by atoms with Gasteiger partial charge in [0.05, 0.1) is 6.10 Å². The van der Waals surface area contributed by atoms with Crippen LogP contribution in [0, 0.1) is 5.92 Å². The van der Waals surface area contributed by atoms with Gasteiger partial charge in [0.15, 0.2) is 0 Å². The molecule has 3 atom stereocenters. The number of nitrogens with one attached hydrogen (secondary N) is 1. The molecule has 0 spiro atoms. The molecule has 0 radical (unpaired) electrons. The molecule has 1 aliphatic rings. The molecule has 0 aromatic carbocycles. The first-order valence-electron chi connectivity index (χ1n) is 5.41. The van der Waals surface area contributed by atoms with E-state index >= 15 is 0 Å². The van der Waals surface area contributed by atoms with Gasteiger partial charge >= 0.3 is 0 Å². The normalized spacial score (nSPS) is 28.9. The first kappa shape index (κ1) is 11.7. The van der Waals surface area contributed by atoms with Crippen LogP contribution >= 0.6 is 0 Å². The van der Waals surface area contributed by atoms with Crippen LogP contribution in [0.4, 0.5) is 0 Å². The third-order valence-corrected chi connectivity index (χ3v) is 2.83. The SMILES string of the molecule is CCC1OCCC1C(C=C(C)C)NN. The first-order valence-corrected chi connectivity index (χ1v) is 5.41. The molecule has 14 heavy (non-hydrogen) atoms. The minimum atomic E-state index is 0.257. The molecule has 1 aliphatic heterocycles. The highest BCUT2D eigenvalue weighted by Crippen LogP contribution is 2.27. The molecule has 3 unspecified atom stereocenters. The Morgan fingerprint density at radius 3 is 2.86 bits per heavy atom. The van der Waals surface area contributed by atoms with Crippen molar-refractivity contribution in [3.8, 4) is 0 Å². The number of nitrogens with two attached hydrogens (primary N) is 1. The fourth-order valence-electron chi connectivity index (χ4n) is 2.15. The van der Waals surface area contributed by atoms with E-state index in [4.69, 9.17) is 10.6 Å². The van der Waals surface area contributed by atoms with E-state index in [9.17, 15) is 0 Å². The molecule has 0 aromatic heterocycles. The molecule has 3 heteroatoms. The predicted octanol–water partition coefficient (Wildman–Crippen LogP) is 1.60. The van der Waals surface area contributed by atoms with Crippen LogP contribution in [0.5, 0.6) is 0 Å². The van der Waals surface area contributed by atoms with Gasteiger partial charge in [0.25, 0.3) is 0 Å². The Kier molecular flexibility index (Phi) is 4.58. The van der Waals surface area contributed by atoms with Crippen LogP contribution in [0.3, 0.4) is 0 Å². The molecule has 1 saturated heterocycles. The van der Waals surface area contributed by atoms with Gasteiger partial charge < -0.3 is 4.74 Å². The highest BCUT2D eigenvalue weighted by molar-refractivity contribution is 5.04. The van der Waals surface area contributed by atoms with E-state index in [0.717, 1.165) is 19.4 Å². The summed E-state index contributed by atoms with van der Waals surface area (Å²) in [4.78, 5) is 0. The lowest BCUT2D eigenvalue weighted by Crippen LogP contribution is -2.42. The summed E-state index contributed by atoms with van der Waals surface area (Å²) < 4.78 is 5.65. The molecule has 1 rings (SSSR count). The second-order valence-corrected chi connectivity index (χ2v) is 4.21. The Balaban J connectivity index is 2.63. The van der Waals surface area contributed by atoms with Crippen LogP contribution in [-0.4, -0.2) is 18.8 Å². The zero-order chi connectivity index (χ0) is 10.6. The van der Waals surface area contributed by atoms with Crippen molar-refractivity contribution in [1.29, 1.82) is 0 Å². The van der Waals surface area contributed by atoms with E-state index in [1.165, 1.54) is 5.57 Å². The number of hydrazine groups is 1. The molecule has 0 bridgehead atoms. The van der Waals surface area contributed by atoms with Crippen LogP contribution < -0.4 is 11.3 Å². The van der Waals surface area contributed by atoms with E-state index in [0.29, 0.717) is 12.0 Å². The van der Waals surface area contributed by atoms with Gasteiger partial charge in [-0.3, -0.25) is 11.3 Å². The molecule has 0 aromatic rings. The Labute approximate surface area is 86.7 Å². The summed E-state index contributed by atoms with van der Waals surface area (Å²) in [7, 11) is 0. The van der Waals surface area contributed by atoms with Crippen molar-refractivity contribution < 1.29 is 4.74 Å². The number of hydrogen-bond acceptors (Lipinski definition) is 3. The van der Waals surface area contributed by atoms with Crippen molar-refractivity contribution in [2.45, 2.75) is 45.8 Å². The minimum absolute atomic E-state index is 0.257. The molecule has 3 nitrogen and oxygen atoms in total. The Morgan fingerprint density at radius 2 is 2.36 bits per heavy atom. The maximum Gasteiger partial charge on any atom is 0.0620 e. The van der Waals surface area contributed by atoms with Crippen LogP contribution in [0.25, 0.3) is 0 Å². The van der Waals surface area contributed by atoms with Gasteiger partial charge in [0, 0.05) is 18.6 Å². The third-order valence-electron chi connectivity index (χ3n) is 2.83. The molecule has 3 N–H and O–H groups in total. The summed E-state index contributed by atoms with van der Waals surface area (Å²) in [6.45, 7) is 7.24. The summed E-state index contributed by atoms with van der Waals surface area (Å²) in [6.07, 6.45) is 4.74. The smallest absolute Gasteiger partial charge is 0.0620 e. The average molecular weight is 198 g/mol. The largest absolute Gasteiger partial charge is 0.378 e. The van der Waals surface area contributed by atoms with Gasteiger partial charge in [-0.25, -0.2) is 0 Å². The number of hydrogen-bond donors (Lipinski definition) is 2. The summed E-state index contributed by atoms with van der Waals surface area (Å²) >= 11 is 0. The molecule has 1 fully saturated rings. The Hall–Kier alpha value is -0.380. The Morgan fingerprint density at radius 1 is 1.64 bits per heavy atom. The van der Waals surface area contributed by atoms with Gasteiger partial charge in [0.1, 0.15) is 0 Å². The molecule has 0 saturated carbocycles. The molecular formula is C11H22N2O. The van der Waals surface area contributed by atoms with Gasteiger partial charge in [-0.05, 0) is 26.7 Å². The van der Waals surface area contributed by atoms with Gasteiger partial charge in [-0.1, -0.05) is 18.6 Å². The zero-order valence-electron chi connectivity index (χ0n) is 9.42. The lowest BCUT2D eigenvalue weighted by Gasteiger charge is -2.24. The monoisotopic (exact) mass is 198 g/mol. The van der Waals surface area contributed by atoms with Crippen molar-refractivity contribution in [2.75, 3.05) is 6.61 Å². The fourth-order valence-corrected chi connectivity index (χ4v) is 2.15. The molecule has 0 aliphatic carbocycles. The molecule has 1 heterocycles. The zero-order valence-corrected chi connectivity index (χ0v) is 9.42. The number of ether oxygens (including phenoxy) is 1. The molecule has 0 amide bonds. The quantitative estimate of drug-likeness (QED) is 0.410. The summed E-state index contributed by atoms with van der Waals surface area (Å²) in [5.74, 6) is 6.10. The van der Waals surface area contributed by atoms with Gasteiger partial charge in [-0.15, -0.1) is 0 Å².